The van der Waals surface area contributed by atoms with Crippen LogP contribution >= 0.6 is 0 Å². The Hall–Kier alpha value is -4.82. The number of hydrogen-bond acceptors (Lipinski definition) is 10. The molecule has 0 aromatic heterocycles. The first-order valence-corrected chi connectivity index (χ1v) is 12.6. The van der Waals surface area contributed by atoms with Crippen molar-refractivity contribution in [3.05, 3.63) is 60.7 Å². The summed E-state index contributed by atoms with van der Waals surface area (Å²) in [4.78, 5) is 46.5. The minimum absolute atomic E-state index is 0.145. The Labute approximate surface area is 231 Å². The van der Waals surface area contributed by atoms with Crippen LogP contribution in [0.2, 0.25) is 0 Å². The average molecular weight is 553 g/mol. The van der Waals surface area contributed by atoms with Gasteiger partial charge >= 0.3 is 11.9 Å². The molecule has 0 bridgehead atoms. The third-order valence-corrected chi connectivity index (χ3v) is 5.82. The van der Waals surface area contributed by atoms with E-state index >= 15 is 0 Å². The van der Waals surface area contributed by atoms with Crippen molar-refractivity contribution in [3.8, 4) is 0 Å². The molecule has 2 heterocycles. The molecule has 4 rings (SSSR count). The minimum atomic E-state index is -0.905. The molecule has 0 saturated carbocycles. The van der Waals surface area contributed by atoms with Crippen molar-refractivity contribution in [2.75, 3.05) is 62.4 Å². The fourth-order valence-corrected chi connectivity index (χ4v) is 3.98. The molecule has 2 aliphatic rings. The number of aliphatic imine (C=N–C) groups is 2. The average Bonchev–Trinajstić information content (AvgIpc) is 2.99. The Morgan fingerprint density at radius 1 is 0.700 bits per heavy atom. The van der Waals surface area contributed by atoms with Crippen LogP contribution in [0.3, 0.4) is 0 Å². The van der Waals surface area contributed by atoms with Crippen molar-refractivity contribution < 1.29 is 28.7 Å². The summed E-state index contributed by atoms with van der Waals surface area (Å²) in [7, 11) is 0. The highest BCUT2D eigenvalue weighted by Gasteiger charge is 2.16. The molecule has 2 fully saturated rings. The molecule has 14 heteroatoms. The van der Waals surface area contributed by atoms with Gasteiger partial charge in [0, 0.05) is 38.3 Å². The lowest BCUT2D eigenvalue weighted by atomic mass is 10.2. The fraction of sp³-hybridized carbons (Fsp3) is 0.308. The normalized spacial score (nSPS) is 16.5. The van der Waals surface area contributed by atoms with Gasteiger partial charge in [0.25, 0.3) is 0 Å². The first-order valence-electron chi connectivity index (χ1n) is 12.6. The molecule has 0 unspecified atom stereocenters. The molecule has 0 amide bonds. The molecule has 2 aliphatic heterocycles. The van der Waals surface area contributed by atoms with Gasteiger partial charge in [0.05, 0.1) is 49.2 Å². The molecule has 2 aromatic carbocycles. The molecule has 0 radical (unpaired) electrons. The van der Waals surface area contributed by atoms with E-state index in [-0.39, 0.29) is 11.9 Å². The largest absolute Gasteiger partial charge is 0.378 e. The van der Waals surface area contributed by atoms with Crippen LogP contribution in [0.15, 0.2) is 70.7 Å². The van der Waals surface area contributed by atoms with E-state index in [9.17, 15) is 9.59 Å². The Morgan fingerprint density at radius 2 is 1.07 bits per heavy atom. The predicted molar refractivity (Wildman–Crippen MR) is 149 cm³/mol. The number of ether oxygens (including phenoxy) is 2. The van der Waals surface area contributed by atoms with Gasteiger partial charge in [-0.25, -0.2) is 19.6 Å². The van der Waals surface area contributed by atoms with Gasteiger partial charge in [-0.1, -0.05) is 24.3 Å². The summed E-state index contributed by atoms with van der Waals surface area (Å²) in [6.45, 7) is 5.39. The van der Waals surface area contributed by atoms with Crippen molar-refractivity contribution in [1.29, 1.82) is 0 Å². The van der Waals surface area contributed by atoms with E-state index in [0.717, 1.165) is 49.7 Å². The number of anilines is 2. The SMILES string of the molecule is NC(=Nc1ccccc1N1CCOCC1)NOC(=O)/C=C/C(=O)ONC(N)=Nc1ccccc1N1CCOCC1. The number of morpholine rings is 2. The predicted octanol–water partition coefficient (Wildman–Crippen LogP) is 0.604. The first-order chi connectivity index (χ1) is 19.5. The van der Waals surface area contributed by atoms with Gasteiger partial charge in [0.1, 0.15) is 0 Å². The number of nitrogens with zero attached hydrogens (tertiary/aromatic N) is 4. The number of nitrogens with one attached hydrogen (secondary N) is 2. The third-order valence-electron chi connectivity index (χ3n) is 5.82. The number of carbonyl (C=O) groups excluding carboxylic acids is 2. The van der Waals surface area contributed by atoms with Crippen molar-refractivity contribution in [2.24, 2.45) is 21.5 Å². The van der Waals surface area contributed by atoms with E-state index in [1.54, 1.807) is 12.1 Å². The number of benzene rings is 2. The summed E-state index contributed by atoms with van der Waals surface area (Å²) < 4.78 is 10.8. The summed E-state index contributed by atoms with van der Waals surface area (Å²) in [6, 6.07) is 14.9. The van der Waals surface area contributed by atoms with Crippen LogP contribution in [0.1, 0.15) is 0 Å². The van der Waals surface area contributed by atoms with Crippen molar-refractivity contribution in [2.45, 2.75) is 0 Å². The second kappa shape index (κ2) is 14.4. The second-order valence-corrected chi connectivity index (χ2v) is 8.55. The van der Waals surface area contributed by atoms with Crippen LogP contribution in [0.5, 0.6) is 0 Å². The van der Waals surface area contributed by atoms with Crippen LogP contribution in [-0.4, -0.2) is 76.5 Å². The number of rotatable bonds is 6. The van der Waals surface area contributed by atoms with E-state index in [1.165, 1.54) is 0 Å². The zero-order valence-corrected chi connectivity index (χ0v) is 21.8. The zero-order chi connectivity index (χ0) is 28.2. The fourth-order valence-electron chi connectivity index (χ4n) is 3.98. The molecule has 0 spiro atoms. The Kier molecular flexibility index (Phi) is 10.1. The lowest BCUT2D eigenvalue weighted by molar-refractivity contribution is -0.144. The Bertz CT molecular complexity index is 1160. The summed E-state index contributed by atoms with van der Waals surface area (Å²) in [5, 5.41) is 0. The molecular weight excluding hydrogens is 520 g/mol. The van der Waals surface area contributed by atoms with E-state index in [4.69, 9.17) is 30.6 Å². The van der Waals surface area contributed by atoms with E-state index in [0.29, 0.717) is 37.8 Å². The maximum Gasteiger partial charge on any atom is 0.356 e. The van der Waals surface area contributed by atoms with Gasteiger partial charge in [-0.3, -0.25) is 0 Å². The number of para-hydroxylation sites is 4. The third kappa shape index (κ3) is 8.34. The van der Waals surface area contributed by atoms with E-state index in [2.05, 4.69) is 30.7 Å². The highest BCUT2D eigenvalue weighted by Crippen LogP contribution is 2.29. The topological polar surface area (TPSA) is 178 Å². The van der Waals surface area contributed by atoms with Gasteiger partial charge < -0.3 is 40.4 Å². The molecule has 2 saturated heterocycles. The van der Waals surface area contributed by atoms with Crippen LogP contribution < -0.4 is 32.2 Å². The summed E-state index contributed by atoms with van der Waals surface area (Å²) in [6.07, 6.45) is 1.71. The standard InChI is InChI=1S/C26H32N8O6/c27-25(29-19-5-1-3-7-21(19)33-11-15-37-16-12-33)31-39-23(35)9-10-24(36)40-32-26(28)30-20-6-2-4-8-22(20)34-13-17-38-18-14-34/h1-10H,11-18H2,(H3,27,29,31)(H3,28,30,32)/b10-9+. The maximum atomic E-state index is 12.0. The number of hydrogen-bond donors (Lipinski definition) is 4. The smallest absolute Gasteiger partial charge is 0.356 e. The lowest BCUT2D eigenvalue weighted by Crippen LogP contribution is -2.36. The molecule has 6 N–H and O–H groups in total. The molecule has 0 atom stereocenters. The zero-order valence-electron chi connectivity index (χ0n) is 21.8. The molecule has 0 aliphatic carbocycles. The molecule has 2 aromatic rings. The molecule has 14 nitrogen and oxygen atoms in total. The number of carbonyl (C=O) groups is 2. The number of hydroxylamine groups is 2. The summed E-state index contributed by atoms with van der Waals surface area (Å²) in [5.74, 6) is -2.10. The first kappa shape index (κ1) is 28.2. The number of guanidine groups is 2. The van der Waals surface area contributed by atoms with Crippen molar-refractivity contribution >= 4 is 46.6 Å². The molecule has 212 valence electrons. The Balaban J connectivity index is 1.24. The quantitative estimate of drug-likeness (QED) is 0.170. The maximum absolute atomic E-state index is 12.0. The minimum Gasteiger partial charge on any atom is -0.378 e. The summed E-state index contributed by atoms with van der Waals surface area (Å²) >= 11 is 0. The number of nitrogens with two attached hydrogens (primary N) is 2. The van der Waals surface area contributed by atoms with Gasteiger partial charge in [-0.15, -0.1) is 0 Å². The monoisotopic (exact) mass is 552 g/mol. The molecule has 40 heavy (non-hydrogen) atoms. The van der Waals surface area contributed by atoms with E-state index in [1.807, 2.05) is 36.4 Å². The van der Waals surface area contributed by atoms with Crippen LogP contribution in [0.25, 0.3) is 0 Å². The van der Waals surface area contributed by atoms with E-state index < -0.39 is 11.9 Å². The van der Waals surface area contributed by atoms with Gasteiger partial charge in [0.2, 0.25) is 11.9 Å². The molecular formula is C26H32N8O6. The van der Waals surface area contributed by atoms with Crippen LogP contribution in [-0.2, 0) is 28.7 Å². The summed E-state index contributed by atoms with van der Waals surface area (Å²) in [5.41, 5.74) is 19.2. The van der Waals surface area contributed by atoms with Crippen LogP contribution in [0, 0.1) is 0 Å². The highest BCUT2D eigenvalue weighted by molar-refractivity contribution is 5.93. The second-order valence-electron chi connectivity index (χ2n) is 8.55. The van der Waals surface area contributed by atoms with Crippen LogP contribution in [0.4, 0.5) is 22.7 Å². The van der Waals surface area contributed by atoms with Crippen molar-refractivity contribution in [3.63, 3.8) is 0 Å². The van der Waals surface area contributed by atoms with Gasteiger partial charge in [0.15, 0.2) is 0 Å². The lowest BCUT2D eigenvalue weighted by Gasteiger charge is -2.29. The van der Waals surface area contributed by atoms with Gasteiger partial charge in [-0.05, 0) is 24.3 Å². The Morgan fingerprint density at radius 3 is 1.48 bits per heavy atom. The highest BCUT2D eigenvalue weighted by atomic mass is 16.7. The van der Waals surface area contributed by atoms with Gasteiger partial charge in [-0.2, -0.15) is 11.0 Å². The van der Waals surface area contributed by atoms with Crippen molar-refractivity contribution in [1.82, 2.24) is 11.0 Å².